The first-order valence-corrected chi connectivity index (χ1v) is 47.2. The Hall–Kier alpha value is -15.4. The van der Waals surface area contributed by atoms with Gasteiger partial charge in [-0.25, -0.2) is 63.3 Å². The minimum Gasteiger partial charge on any atom is -0.379 e. The number of hydrogen-bond acceptors (Lipinski definition) is 30. The van der Waals surface area contributed by atoms with Gasteiger partial charge in [-0.05, 0) is 152 Å². The fraction of sp³-hybridized carbons (Fsp3) is 0.402. The molecule has 15 aromatic rings. The third-order valence-electron chi connectivity index (χ3n) is 25.1. The van der Waals surface area contributed by atoms with Gasteiger partial charge in [-0.2, -0.15) is 48.1 Å². The Balaban J connectivity index is 0.000000103. The van der Waals surface area contributed by atoms with E-state index in [0.717, 1.165) is 200 Å². The molecule has 15 aromatic heterocycles. The van der Waals surface area contributed by atoms with Gasteiger partial charge in [-0.1, -0.05) is 32.9 Å². The maximum atomic E-state index is 13.7. The zero-order chi connectivity index (χ0) is 94.2. The highest BCUT2D eigenvalue weighted by molar-refractivity contribution is 5.75. The molecule has 0 aromatic carbocycles. The van der Waals surface area contributed by atoms with Crippen LogP contribution in [0.5, 0.6) is 0 Å². The van der Waals surface area contributed by atoms with Crippen molar-refractivity contribution in [1.29, 1.82) is 0 Å². The van der Waals surface area contributed by atoms with E-state index in [2.05, 4.69) is 172 Å². The highest BCUT2D eigenvalue weighted by Gasteiger charge is 2.32. The van der Waals surface area contributed by atoms with Crippen molar-refractivity contribution in [3.63, 3.8) is 0 Å². The summed E-state index contributed by atoms with van der Waals surface area (Å²) in [7, 11) is 0. The Morgan fingerprint density at radius 3 is 1.00 bits per heavy atom. The summed E-state index contributed by atoms with van der Waals surface area (Å²) in [5.41, 5.74) is 12.9. The summed E-state index contributed by atoms with van der Waals surface area (Å²) in [6.07, 6.45) is 34.1. The van der Waals surface area contributed by atoms with Crippen LogP contribution in [0.25, 0.3) is 91.5 Å². The standard InChI is InChI=1S/C19H24N8O2.C19H24N8O.C18H20FN7O.C18H22N8O2.C18H21N7O/c1-12-15(23-19(28)22-12)8-14-11-21-27-17(20-10-13-2-3-13)9-16(24-18(14)27)25-26-4-6-29-7-5-26;1-11-15(25-19(28)22-11)8-12-10-21-27-17(24-13-2-3-13)9-16(26-18(12)27)23-14-4-6-20-7-5-14;1-10-14(23-18(27)21-10)6-11-8-20-26-16(22-13-2-3-13)7-15(24-17(11)26)25-5-4-12(19)9-25;1-11-14(22-18(27)20-11)8-12-10-19-26-16(21-13-2-3-13)9-15(23-17(12)26)24-25-4-6-28-7-5-25;1-10-14(23-18(26)21-10)6-12-9-20-25-16(22-13-4-5-13)7-15(24-17(12)25)19-8-11-2-3-11/h8-9,11,13,20H,1-7,10H2,(H,24,25)(H2,22,23,28);8-10,13-14,20,24H,1-7H2,(H,23,26)(H2,22,25,28);6-8,12-13,22H,1-5,9H2,(H2,21,23,27);8-10,13,21H,1-7H2,(H,23,24)(H2,20,22,27);6-7,9,11,13,22H,1-5,8H2,(H,19,24)(H2,21,23,26)/b2*15-8-;14-6-;14-8-;14-6-/t;;12-;;/m..1../s1. The summed E-state index contributed by atoms with van der Waals surface area (Å²) >= 11 is 0. The minimum atomic E-state index is -0.822. The number of ether oxygens (including phenoxy) is 2. The zero-order valence-electron chi connectivity index (χ0n) is 76.1. The number of alkyl halides is 1. The second-order valence-corrected chi connectivity index (χ2v) is 36.6. The van der Waals surface area contributed by atoms with Crippen molar-refractivity contribution in [2.45, 2.75) is 133 Å². The number of H-pyrrole nitrogens is 10. The Kier molecular flexibility index (Phi) is 25.0. The molecule has 4 saturated heterocycles. The summed E-state index contributed by atoms with van der Waals surface area (Å²) < 4.78 is 33.5. The Labute approximate surface area is 782 Å². The molecule has 10 aliphatic rings. The third kappa shape index (κ3) is 21.6. The number of piperidine rings is 1. The fourth-order valence-corrected chi connectivity index (χ4v) is 16.6. The fourth-order valence-electron chi connectivity index (χ4n) is 16.6. The number of hydrogen-bond donors (Lipinski definition) is 20. The van der Waals surface area contributed by atoms with Gasteiger partial charge >= 0.3 is 28.4 Å². The molecule has 6 saturated carbocycles. The van der Waals surface area contributed by atoms with Crippen LogP contribution in [-0.4, -0.2) is 261 Å². The van der Waals surface area contributed by atoms with Gasteiger partial charge in [-0.3, -0.25) is 0 Å². The second kappa shape index (κ2) is 38.8. The number of nitrogens with one attached hydrogen (secondary N) is 20. The second-order valence-electron chi connectivity index (χ2n) is 36.6. The summed E-state index contributed by atoms with van der Waals surface area (Å²) in [6.45, 7) is 30.1. The third-order valence-corrected chi connectivity index (χ3v) is 25.1. The van der Waals surface area contributed by atoms with E-state index in [0.29, 0.717) is 147 Å². The molecule has 10 fully saturated rings. The van der Waals surface area contributed by atoms with Gasteiger partial charge in [0.05, 0.1) is 117 Å². The van der Waals surface area contributed by atoms with Crippen LogP contribution in [-0.2, 0) is 9.47 Å². The first-order valence-electron chi connectivity index (χ1n) is 47.2. The van der Waals surface area contributed by atoms with Crippen molar-refractivity contribution in [2.75, 3.05) is 145 Å². The van der Waals surface area contributed by atoms with Crippen LogP contribution in [0.3, 0.4) is 0 Å². The van der Waals surface area contributed by atoms with Crippen molar-refractivity contribution in [2.24, 2.45) is 11.8 Å². The maximum Gasteiger partial charge on any atom is 0.323 e. The molecule has 0 radical (unpaired) electrons. The van der Waals surface area contributed by atoms with Crippen molar-refractivity contribution in [3.8, 4) is 0 Å². The van der Waals surface area contributed by atoms with Crippen molar-refractivity contribution < 1.29 is 13.9 Å². The normalized spacial score (nSPS) is 18.8. The van der Waals surface area contributed by atoms with E-state index in [1.165, 1.54) is 51.4 Å². The Bertz CT molecular complexity index is 7790. The van der Waals surface area contributed by atoms with Crippen LogP contribution in [0.15, 0.2) is 85.3 Å². The van der Waals surface area contributed by atoms with Crippen molar-refractivity contribution in [1.82, 2.24) is 138 Å². The van der Waals surface area contributed by atoms with Crippen LogP contribution in [0.1, 0.15) is 124 Å². The van der Waals surface area contributed by atoms with Gasteiger partial charge in [-0.15, -0.1) is 0 Å². The van der Waals surface area contributed by atoms with Gasteiger partial charge in [0.15, 0.2) is 28.2 Å². The predicted molar refractivity (Wildman–Crippen MR) is 526 cm³/mol. The topological polar surface area (TPSA) is 543 Å². The summed E-state index contributed by atoms with van der Waals surface area (Å²) in [5.74, 6) is 9.89. The van der Waals surface area contributed by atoms with Gasteiger partial charge < -0.3 is 118 Å². The molecule has 25 rings (SSSR count). The molecular weight excluding hydrogens is 1770 g/mol. The van der Waals surface area contributed by atoms with Crippen LogP contribution >= 0.6 is 0 Å². The predicted octanol–water partition coefficient (Wildman–Crippen LogP) is -1.10. The largest absolute Gasteiger partial charge is 0.379 e. The Morgan fingerprint density at radius 1 is 0.348 bits per heavy atom. The number of rotatable bonds is 26. The first-order chi connectivity index (χ1) is 67.2. The maximum absolute atomic E-state index is 13.7. The van der Waals surface area contributed by atoms with Gasteiger partial charge in [0, 0.05) is 134 Å². The molecule has 4 aliphatic heterocycles. The van der Waals surface area contributed by atoms with Gasteiger partial charge in [0.1, 0.15) is 64.4 Å². The lowest BCUT2D eigenvalue weighted by Crippen LogP contribution is -2.40. The summed E-state index contributed by atoms with van der Waals surface area (Å²) in [5, 5.41) is 60.4. The number of nitrogens with zero attached hydrogens (tertiary/aromatic N) is 18. The lowest BCUT2D eigenvalue weighted by atomic mass is 10.1. The van der Waals surface area contributed by atoms with E-state index in [1.54, 1.807) is 50.6 Å². The minimum absolute atomic E-state index is 0.270. The highest BCUT2D eigenvalue weighted by atomic mass is 19.1. The van der Waals surface area contributed by atoms with Crippen LogP contribution in [0.2, 0.25) is 0 Å². The molecule has 0 spiro atoms. The van der Waals surface area contributed by atoms with Crippen molar-refractivity contribution in [3.05, 3.63) is 195 Å². The van der Waals surface area contributed by atoms with E-state index in [4.69, 9.17) is 34.4 Å². The smallest absolute Gasteiger partial charge is 0.323 e. The van der Waals surface area contributed by atoms with Crippen LogP contribution < -0.4 is 140 Å². The van der Waals surface area contributed by atoms with Crippen molar-refractivity contribution >= 4 is 150 Å². The van der Waals surface area contributed by atoms with E-state index >= 15 is 0 Å². The molecule has 0 amide bonds. The van der Waals surface area contributed by atoms with Crippen LogP contribution in [0.4, 0.5) is 62.6 Å². The number of fused-ring (bicyclic) bond motifs is 5. The number of morpholine rings is 2. The Morgan fingerprint density at radius 2 is 0.659 bits per heavy atom. The van der Waals surface area contributed by atoms with Crippen LogP contribution in [0, 0.1) is 11.8 Å². The average molecular weight is 1880 g/mol. The first kappa shape index (κ1) is 89.1. The van der Waals surface area contributed by atoms with E-state index in [1.807, 2.05) is 68.6 Å². The number of anilines is 10. The monoisotopic (exact) mass is 1880 g/mol. The average Bonchev–Trinajstić information content (AvgIpc) is 1.66. The molecule has 1 atom stereocenters. The SMILES string of the molecule is C=c1[nH]c(=O)[nH]/c1=C\c1cnn2c(NC3CC3)cc(N3CC[C@@H](F)C3)nc12.C=c1[nH]c(=O)[nH]/c1=C\c1cnn2c(NC3CC3)cc(NC3CCNCC3)nc12.C=c1[nH]c(=O)[nH]/c1=C\c1cnn2c(NC3CC3)cc(NCC3CC3)nc12.C=c1[nH]c(=O)[nH]/c1=C\c1cnn2c(NC3CC3)cc(NN3CCOCC3)nc12.C=c1[nH]c(=O)[nH]/c1=C\c1cnn2c(NCC3CC3)cc(NN3CCOCC3)nc12. The van der Waals surface area contributed by atoms with Gasteiger partial charge in [0.25, 0.3) is 0 Å². The molecule has 19 heterocycles. The number of aromatic nitrogens is 25. The highest BCUT2D eigenvalue weighted by Crippen LogP contribution is 2.35. The molecule has 46 heteroatoms. The molecule has 0 unspecified atom stereocenters. The van der Waals surface area contributed by atoms with E-state index in [9.17, 15) is 28.4 Å². The number of halogens is 1. The lowest BCUT2D eigenvalue weighted by molar-refractivity contribution is 0.0494. The summed E-state index contributed by atoms with van der Waals surface area (Å²) in [6, 6.07) is 12.3. The molecule has 6 aliphatic carbocycles. The molecule has 45 nitrogen and oxygen atoms in total. The summed E-state index contributed by atoms with van der Waals surface area (Å²) in [4.78, 5) is 110. The van der Waals surface area contributed by atoms with Gasteiger partial charge in [0.2, 0.25) is 0 Å². The molecule has 20 N–H and O–H groups in total. The number of aromatic amines is 10. The number of imidazole rings is 5. The number of hydrazine groups is 2. The molecule has 138 heavy (non-hydrogen) atoms. The van der Waals surface area contributed by atoms with E-state index in [-0.39, 0.29) is 28.4 Å². The quantitative estimate of drug-likeness (QED) is 0.0306. The molecule has 0 bridgehead atoms. The molecule has 718 valence electrons. The van der Waals surface area contributed by atoms with E-state index < -0.39 is 6.17 Å². The zero-order valence-corrected chi connectivity index (χ0v) is 76.1. The lowest BCUT2D eigenvalue weighted by Gasteiger charge is -2.27. The molecular formula is C92H111FN38O7.